The number of allylic oxidation sites excluding steroid dienone is 1. The molecule has 236 valence electrons. The van der Waals surface area contributed by atoms with Crippen LogP contribution in [-0.4, -0.2) is 63.4 Å². The Labute approximate surface area is 262 Å². The first-order chi connectivity index (χ1) is 20.2. The maximum absolute atomic E-state index is 12.2. The summed E-state index contributed by atoms with van der Waals surface area (Å²) < 4.78 is 1.67. The van der Waals surface area contributed by atoms with Crippen LogP contribution in [-0.2, 0) is 21.5 Å². The molecule has 2 aromatic rings. The fourth-order valence-electron chi connectivity index (χ4n) is 6.36. The van der Waals surface area contributed by atoms with Crippen LogP contribution in [0.2, 0.25) is 0 Å². The normalized spacial score (nSPS) is 24.3. The van der Waals surface area contributed by atoms with Crippen molar-refractivity contribution < 1.29 is 14.7 Å². The number of aldehydes is 1. The third-order valence-corrected chi connectivity index (χ3v) is 9.65. The number of likely N-dealkylation sites (N-methyl/N-ethyl adjacent to an activating group) is 1. The Balaban J connectivity index is 0.000000238. The monoisotopic (exact) mass is 609 g/mol. The second-order valence-corrected chi connectivity index (χ2v) is 15.1. The average molecular weight is 610 g/mol. The van der Waals surface area contributed by atoms with Crippen LogP contribution in [0.25, 0.3) is 4.91 Å². The Hall–Kier alpha value is -2.75. The largest absolute Gasteiger partial charge is 0.396 e. The van der Waals surface area contributed by atoms with E-state index >= 15 is 0 Å². The first-order valence-corrected chi connectivity index (χ1v) is 16.0. The molecule has 1 saturated carbocycles. The molecule has 0 bridgehead atoms. The molecule has 1 aliphatic heterocycles. The van der Waals surface area contributed by atoms with Crippen LogP contribution in [0, 0.1) is 10.8 Å². The fraction of sp³-hybridized carbons (Fsp3) is 0.588. The maximum atomic E-state index is 12.2. The van der Waals surface area contributed by atoms with Crippen molar-refractivity contribution in [3.63, 3.8) is 0 Å². The number of amides is 1. The number of carbonyl (C=O) groups is 2. The topological polar surface area (TPSA) is 100 Å². The lowest BCUT2D eigenvalue weighted by molar-refractivity contribution is -0.125. The molecule has 0 spiro atoms. The SMILES string of the molecule is C=CSC(=C(C)C)c1ccc(CNC(=O)C2CCCN2C)cc1.CC1(CO)CC(C)(c2cn(C(C=O)C(C)(C)C)nn2)C1. The molecule has 2 unspecified atom stereocenters. The summed E-state index contributed by atoms with van der Waals surface area (Å²) in [5, 5.41) is 22.7. The van der Waals surface area contributed by atoms with E-state index in [0.717, 1.165) is 49.8 Å². The van der Waals surface area contributed by atoms with E-state index < -0.39 is 0 Å². The molecular formula is C34H51N5O3S. The van der Waals surface area contributed by atoms with Crippen molar-refractivity contribution in [1.29, 1.82) is 0 Å². The summed E-state index contributed by atoms with van der Waals surface area (Å²) in [6.07, 6.45) is 6.69. The number of carbonyl (C=O) groups excluding carboxylic acids is 2. The third kappa shape index (κ3) is 8.67. The van der Waals surface area contributed by atoms with Gasteiger partial charge >= 0.3 is 0 Å². The molecule has 2 N–H and O–H groups in total. The van der Waals surface area contributed by atoms with Crippen LogP contribution in [0.1, 0.15) is 97.0 Å². The van der Waals surface area contributed by atoms with Gasteiger partial charge in [-0.1, -0.05) is 88.0 Å². The number of nitrogens with zero attached hydrogens (tertiary/aromatic N) is 4. The number of thioether (sulfide) groups is 1. The van der Waals surface area contributed by atoms with E-state index in [1.165, 1.54) is 16.0 Å². The van der Waals surface area contributed by atoms with Crippen molar-refractivity contribution in [3.8, 4) is 0 Å². The second kappa shape index (κ2) is 14.4. The van der Waals surface area contributed by atoms with Gasteiger partial charge in [0.15, 0.2) is 0 Å². The number of aliphatic hydroxyl groups is 1. The second-order valence-electron chi connectivity index (χ2n) is 14.1. The Morgan fingerprint density at radius 2 is 1.88 bits per heavy atom. The first-order valence-electron chi connectivity index (χ1n) is 15.2. The molecular weight excluding hydrogens is 558 g/mol. The molecule has 1 aromatic heterocycles. The van der Waals surface area contributed by atoms with Crippen LogP contribution < -0.4 is 5.32 Å². The number of hydrogen-bond acceptors (Lipinski definition) is 7. The minimum Gasteiger partial charge on any atom is -0.396 e. The van der Waals surface area contributed by atoms with Crippen LogP contribution in [0.5, 0.6) is 0 Å². The molecule has 1 amide bonds. The van der Waals surface area contributed by atoms with Crippen molar-refractivity contribution in [3.05, 3.63) is 64.8 Å². The molecule has 2 heterocycles. The van der Waals surface area contributed by atoms with E-state index in [4.69, 9.17) is 0 Å². The van der Waals surface area contributed by atoms with Crippen molar-refractivity contribution in [2.24, 2.45) is 10.8 Å². The van der Waals surface area contributed by atoms with Gasteiger partial charge in [-0.3, -0.25) is 9.69 Å². The molecule has 2 aliphatic rings. The zero-order chi connectivity index (χ0) is 32.0. The molecule has 2 fully saturated rings. The van der Waals surface area contributed by atoms with Crippen LogP contribution in [0.4, 0.5) is 0 Å². The number of rotatable bonds is 10. The molecule has 9 heteroatoms. The minimum atomic E-state index is -0.309. The maximum Gasteiger partial charge on any atom is 0.237 e. The Morgan fingerprint density at radius 3 is 2.37 bits per heavy atom. The molecule has 2 atom stereocenters. The van der Waals surface area contributed by atoms with Gasteiger partial charge in [-0.2, -0.15) is 0 Å². The molecule has 4 rings (SSSR count). The first kappa shape index (κ1) is 34.7. The fourth-order valence-corrected chi connectivity index (χ4v) is 7.03. The number of hydrogen-bond donors (Lipinski definition) is 2. The summed E-state index contributed by atoms with van der Waals surface area (Å²) in [5.41, 5.74) is 4.28. The molecule has 8 nitrogen and oxygen atoms in total. The van der Waals surface area contributed by atoms with Gasteiger partial charge in [0.25, 0.3) is 0 Å². The van der Waals surface area contributed by atoms with Gasteiger partial charge in [0, 0.05) is 29.7 Å². The highest BCUT2D eigenvalue weighted by molar-refractivity contribution is 8.10. The Kier molecular flexibility index (Phi) is 11.6. The highest BCUT2D eigenvalue weighted by Crippen LogP contribution is 2.54. The van der Waals surface area contributed by atoms with Crippen molar-refractivity contribution in [2.75, 3.05) is 20.2 Å². The van der Waals surface area contributed by atoms with Gasteiger partial charge in [-0.05, 0) is 80.5 Å². The number of likely N-dealkylation sites (tertiary alicyclic amines) is 1. The summed E-state index contributed by atoms with van der Waals surface area (Å²) in [6, 6.07) is 8.12. The molecule has 1 saturated heterocycles. The highest BCUT2D eigenvalue weighted by Gasteiger charge is 2.51. The quantitative estimate of drug-likeness (QED) is 0.312. The van der Waals surface area contributed by atoms with Gasteiger partial charge in [0.05, 0.1) is 11.7 Å². The van der Waals surface area contributed by atoms with E-state index in [-0.39, 0.29) is 40.8 Å². The summed E-state index contributed by atoms with van der Waals surface area (Å²) in [5.74, 6) is 0.140. The van der Waals surface area contributed by atoms with Crippen LogP contribution in [0.3, 0.4) is 0 Å². The van der Waals surface area contributed by atoms with Crippen molar-refractivity contribution >= 4 is 28.9 Å². The number of nitrogens with one attached hydrogen (secondary N) is 1. The predicted molar refractivity (Wildman–Crippen MR) is 176 cm³/mol. The van der Waals surface area contributed by atoms with E-state index in [1.807, 2.05) is 39.4 Å². The van der Waals surface area contributed by atoms with Crippen LogP contribution in [0.15, 0.2) is 48.0 Å². The van der Waals surface area contributed by atoms with Gasteiger partial charge in [0.2, 0.25) is 5.91 Å². The van der Waals surface area contributed by atoms with E-state index in [1.54, 1.807) is 16.4 Å². The lowest BCUT2D eigenvalue weighted by Gasteiger charge is -2.51. The lowest BCUT2D eigenvalue weighted by Crippen LogP contribution is -2.48. The van der Waals surface area contributed by atoms with E-state index in [2.05, 4.69) is 79.1 Å². The Morgan fingerprint density at radius 1 is 1.23 bits per heavy atom. The van der Waals surface area contributed by atoms with E-state index in [0.29, 0.717) is 6.54 Å². The third-order valence-electron chi connectivity index (χ3n) is 8.61. The number of aliphatic hydroxyl groups excluding tert-OH is 1. The minimum absolute atomic E-state index is 0.00732. The predicted octanol–water partition coefficient (Wildman–Crippen LogP) is 6.14. The molecule has 0 radical (unpaired) electrons. The number of benzene rings is 1. The molecule has 1 aromatic carbocycles. The Bertz CT molecular complexity index is 1280. The summed E-state index contributed by atoms with van der Waals surface area (Å²) in [7, 11) is 2.02. The molecule has 43 heavy (non-hydrogen) atoms. The standard InChI is InChI=1S/C19H26N2OS.C15H25N3O2/c1-5-23-18(14(2)3)16-10-8-15(9-11-16)13-20-19(22)17-7-6-12-21(17)4;1-13(2,3)12(7-19)18-6-11(16-17-18)15(5)8-14(4,9-15)10-20/h5,8-11,17H,1,6-7,12-13H2,2-4H3,(H,20,22);6-7,12,20H,8-10H2,1-5H3. The van der Waals surface area contributed by atoms with Gasteiger partial charge in [0.1, 0.15) is 12.3 Å². The smallest absolute Gasteiger partial charge is 0.237 e. The summed E-state index contributed by atoms with van der Waals surface area (Å²) in [4.78, 5) is 26.9. The number of aromatic nitrogens is 3. The van der Waals surface area contributed by atoms with E-state index in [9.17, 15) is 14.7 Å². The summed E-state index contributed by atoms with van der Waals surface area (Å²) in [6.45, 7) is 20.1. The highest BCUT2D eigenvalue weighted by atomic mass is 32.2. The van der Waals surface area contributed by atoms with Gasteiger partial charge < -0.3 is 15.2 Å². The molecule has 1 aliphatic carbocycles. The lowest BCUT2D eigenvalue weighted by atomic mass is 9.53. The van der Waals surface area contributed by atoms with Crippen molar-refractivity contribution in [2.45, 2.75) is 98.2 Å². The zero-order valence-electron chi connectivity index (χ0n) is 27.3. The average Bonchev–Trinajstić information content (AvgIpc) is 3.59. The van der Waals surface area contributed by atoms with Gasteiger partial charge in [-0.25, -0.2) is 4.68 Å². The summed E-state index contributed by atoms with van der Waals surface area (Å²) >= 11 is 1.65. The zero-order valence-corrected chi connectivity index (χ0v) is 28.1. The van der Waals surface area contributed by atoms with Crippen molar-refractivity contribution in [1.82, 2.24) is 25.2 Å². The van der Waals surface area contributed by atoms with Gasteiger partial charge in [-0.15, -0.1) is 5.10 Å². The van der Waals surface area contributed by atoms with Crippen LogP contribution >= 0.6 is 11.8 Å².